The Morgan fingerprint density at radius 3 is 2.17 bits per heavy atom. The molecule has 2 atom stereocenters. The van der Waals surface area contributed by atoms with E-state index in [-0.39, 0.29) is 0 Å². The Morgan fingerprint density at radius 1 is 1.33 bits per heavy atom. The van der Waals surface area contributed by atoms with Gasteiger partial charge in [0, 0.05) is 5.92 Å². The molecule has 0 bridgehead atoms. The second kappa shape index (κ2) is 4.58. The van der Waals surface area contributed by atoms with Crippen molar-refractivity contribution < 1.29 is 8.78 Å². The molecule has 0 radical (unpaired) electrons. The van der Waals surface area contributed by atoms with E-state index in [1.807, 2.05) is 6.92 Å². The molecule has 12 heavy (non-hydrogen) atoms. The third kappa shape index (κ3) is 4.47. The molecule has 2 heteroatoms. The van der Waals surface area contributed by atoms with Gasteiger partial charge in [-0.05, 0) is 25.7 Å². The number of halogens is 2. The molecule has 0 heterocycles. The molecule has 2 unspecified atom stereocenters. The summed E-state index contributed by atoms with van der Waals surface area (Å²) in [7, 11) is 0. The van der Waals surface area contributed by atoms with E-state index < -0.39 is 11.8 Å². The van der Waals surface area contributed by atoms with Gasteiger partial charge in [-0.15, -0.1) is 6.58 Å². The molecule has 0 aromatic heterocycles. The van der Waals surface area contributed by atoms with Crippen molar-refractivity contribution in [2.45, 2.75) is 39.5 Å². The van der Waals surface area contributed by atoms with E-state index in [4.69, 9.17) is 0 Å². The Labute approximate surface area is 73.7 Å². The lowest BCUT2D eigenvalue weighted by molar-refractivity contribution is -0.0365. The number of alkyl halides is 2. The van der Waals surface area contributed by atoms with Crippen molar-refractivity contribution in [3.63, 3.8) is 0 Å². The zero-order valence-corrected chi connectivity index (χ0v) is 8.11. The van der Waals surface area contributed by atoms with Gasteiger partial charge in [-0.25, -0.2) is 8.78 Å². The van der Waals surface area contributed by atoms with Gasteiger partial charge >= 0.3 is 0 Å². The predicted molar refractivity (Wildman–Crippen MR) is 48.4 cm³/mol. The molecule has 0 saturated carbocycles. The van der Waals surface area contributed by atoms with Crippen LogP contribution in [0.2, 0.25) is 0 Å². The molecule has 0 N–H and O–H groups in total. The molecule has 0 nitrogen and oxygen atoms in total. The first kappa shape index (κ1) is 11.6. The first-order valence-corrected chi connectivity index (χ1v) is 4.38. The van der Waals surface area contributed by atoms with Gasteiger partial charge < -0.3 is 0 Å². The Kier molecular flexibility index (Phi) is 4.43. The standard InChI is InChI=1S/C10H18F2/c1-5-8(2)6-7-9(3)10(4,11)12/h5,8-9H,1,6-7H2,2-4H3. The van der Waals surface area contributed by atoms with Crippen LogP contribution >= 0.6 is 0 Å². The first-order chi connectivity index (χ1) is 5.38. The summed E-state index contributed by atoms with van der Waals surface area (Å²) in [6.45, 7) is 8.18. The van der Waals surface area contributed by atoms with Crippen molar-refractivity contribution in [1.82, 2.24) is 0 Å². The molecule has 0 aliphatic heterocycles. The molecule has 0 aromatic rings. The lowest BCUT2D eigenvalue weighted by atomic mass is 9.94. The Bertz CT molecular complexity index is 135. The normalized spacial score (nSPS) is 17.1. The van der Waals surface area contributed by atoms with Crippen molar-refractivity contribution >= 4 is 0 Å². The van der Waals surface area contributed by atoms with Crippen LogP contribution in [0, 0.1) is 11.8 Å². The molecular formula is C10H18F2. The zero-order chi connectivity index (χ0) is 9.78. The highest BCUT2D eigenvalue weighted by Crippen LogP contribution is 2.28. The van der Waals surface area contributed by atoms with Gasteiger partial charge in [-0.3, -0.25) is 0 Å². The maximum absolute atomic E-state index is 12.6. The van der Waals surface area contributed by atoms with Crippen LogP contribution in [0.25, 0.3) is 0 Å². The monoisotopic (exact) mass is 176 g/mol. The van der Waals surface area contributed by atoms with E-state index in [2.05, 4.69) is 6.58 Å². The van der Waals surface area contributed by atoms with Crippen LogP contribution in [0.3, 0.4) is 0 Å². The van der Waals surface area contributed by atoms with Gasteiger partial charge in [0.1, 0.15) is 0 Å². The largest absolute Gasteiger partial charge is 0.247 e. The number of hydrogen-bond acceptors (Lipinski definition) is 0. The number of allylic oxidation sites excluding steroid dienone is 1. The lowest BCUT2D eigenvalue weighted by Crippen LogP contribution is -2.21. The van der Waals surface area contributed by atoms with Crippen molar-refractivity contribution in [3.05, 3.63) is 12.7 Å². The van der Waals surface area contributed by atoms with Crippen LogP contribution in [0.1, 0.15) is 33.6 Å². The second-order valence-corrected chi connectivity index (χ2v) is 3.65. The van der Waals surface area contributed by atoms with Crippen molar-refractivity contribution in [2.75, 3.05) is 0 Å². The lowest BCUT2D eigenvalue weighted by Gasteiger charge is -2.19. The highest BCUT2D eigenvalue weighted by Gasteiger charge is 2.29. The van der Waals surface area contributed by atoms with Crippen LogP contribution in [0.5, 0.6) is 0 Å². The van der Waals surface area contributed by atoms with Crippen LogP contribution < -0.4 is 0 Å². The minimum Gasteiger partial charge on any atom is -0.207 e. The van der Waals surface area contributed by atoms with Crippen LogP contribution in [0.15, 0.2) is 12.7 Å². The summed E-state index contributed by atoms with van der Waals surface area (Å²) in [5.74, 6) is -2.73. The summed E-state index contributed by atoms with van der Waals surface area (Å²) < 4.78 is 25.3. The minimum atomic E-state index is -2.54. The van der Waals surface area contributed by atoms with Crippen LogP contribution in [-0.4, -0.2) is 5.92 Å². The van der Waals surface area contributed by atoms with Gasteiger partial charge in [-0.1, -0.05) is 19.9 Å². The fourth-order valence-corrected chi connectivity index (χ4v) is 0.884. The van der Waals surface area contributed by atoms with Gasteiger partial charge in [0.05, 0.1) is 0 Å². The SMILES string of the molecule is C=CC(C)CCC(C)C(C)(F)F. The van der Waals surface area contributed by atoms with Gasteiger partial charge in [-0.2, -0.15) is 0 Å². The molecule has 0 saturated heterocycles. The van der Waals surface area contributed by atoms with E-state index in [0.29, 0.717) is 12.3 Å². The fraction of sp³-hybridized carbons (Fsp3) is 0.800. The van der Waals surface area contributed by atoms with Gasteiger partial charge in [0.2, 0.25) is 5.92 Å². The average molecular weight is 176 g/mol. The highest BCUT2D eigenvalue weighted by atomic mass is 19.3. The molecule has 0 amide bonds. The third-order valence-corrected chi connectivity index (χ3v) is 2.32. The fourth-order valence-electron chi connectivity index (χ4n) is 0.884. The summed E-state index contributed by atoms with van der Waals surface area (Å²) in [5, 5.41) is 0. The summed E-state index contributed by atoms with van der Waals surface area (Å²) in [6.07, 6.45) is 3.17. The van der Waals surface area contributed by atoms with E-state index in [1.165, 1.54) is 0 Å². The summed E-state index contributed by atoms with van der Waals surface area (Å²) in [5.41, 5.74) is 0. The van der Waals surface area contributed by atoms with E-state index in [1.54, 1.807) is 13.0 Å². The predicted octanol–water partition coefficient (Wildman–Crippen LogP) is 3.88. The summed E-state index contributed by atoms with van der Waals surface area (Å²) in [4.78, 5) is 0. The molecule has 0 aliphatic rings. The van der Waals surface area contributed by atoms with Crippen LogP contribution in [-0.2, 0) is 0 Å². The second-order valence-electron chi connectivity index (χ2n) is 3.65. The Balaban J connectivity index is 3.71. The van der Waals surface area contributed by atoms with Crippen molar-refractivity contribution in [1.29, 1.82) is 0 Å². The average Bonchev–Trinajstić information content (AvgIpc) is 1.97. The number of rotatable bonds is 5. The van der Waals surface area contributed by atoms with E-state index >= 15 is 0 Å². The molecule has 0 fully saturated rings. The van der Waals surface area contributed by atoms with E-state index in [0.717, 1.165) is 13.3 Å². The van der Waals surface area contributed by atoms with Gasteiger partial charge in [0.15, 0.2) is 0 Å². The van der Waals surface area contributed by atoms with Crippen LogP contribution in [0.4, 0.5) is 8.78 Å². The smallest absolute Gasteiger partial charge is 0.207 e. The van der Waals surface area contributed by atoms with E-state index in [9.17, 15) is 8.78 Å². The number of hydrogen-bond donors (Lipinski definition) is 0. The maximum atomic E-state index is 12.6. The quantitative estimate of drug-likeness (QED) is 0.558. The summed E-state index contributed by atoms with van der Waals surface area (Å²) in [6, 6.07) is 0. The first-order valence-electron chi connectivity index (χ1n) is 4.38. The minimum absolute atomic E-state index is 0.342. The zero-order valence-electron chi connectivity index (χ0n) is 8.11. The Morgan fingerprint density at radius 2 is 1.83 bits per heavy atom. The highest BCUT2D eigenvalue weighted by molar-refractivity contribution is 4.77. The van der Waals surface area contributed by atoms with Crippen molar-refractivity contribution in [2.24, 2.45) is 11.8 Å². The summed E-state index contributed by atoms with van der Waals surface area (Å²) >= 11 is 0. The molecule has 0 rings (SSSR count). The topological polar surface area (TPSA) is 0 Å². The Hall–Kier alpha value is -0.400. The third-order valence-electron chi connectivity index (χ3n) is 2.32. The molecular weight excluding hydrogens is 158 g/mol. The van der Waals surface area contributed by atoms with Gasteiger partial charge in [0.25, 0.3) is 0 Å². The molecule has 0 aliphatic carbocycles. The molecule has 72 valence electrons. The maximum Gasteiger partial charge on any atom is 0.247 e. The molecule has 0 spiro atoms. The van der Waals surface area contributed by atoms with Crippen molar-refractivity contribution in [3.8, 4) is 0 Å². The molecule has 0 aromatic carbocycles.